The molecule has 1 aromatic carbocycles. The van der Waals surface area contributed by atoms with Gasteiger partial charge in [-0.25, -0.2) is 4.79 Å². The second-order valence-electron chi connectivity index (χ2n) is 6.25. The molecular formula is C17H22N4O3. The minimum atomic E-state index is -0.316. The monoisotopic (exact) mass is 330 g/mol. The van der Waals surface area contributed by atoms with Crippen molar-refractivity contribution >= 4 is 29.2 Å². The van der Waals surface area contributed by atoms with Crippen LogP contribution < -0.4 is 16.0 Å². The van der Waals surface area contributed by atoms with E-state index in [1.807, 2.05) is 0 Å². The van der Waals surface area contributed by atoms with Crippen molar-refractivity contribution in [3.05, 3.63) is 24.3 Å². The number of amides is 4. The Balaban J connectivity index is 1.59. The summed E-state index contributed by atoms with van der Waals surface area (Å²) >= 11 is 0. The number of carbonyl (C=O) groups is 3. The molecule has 1 saturated carbocycles. The van der Waals surface area contributed by atoms with Gasteiger partial charge < -0.3 is 20.9 Å². The normalized spacial score (nSPS) is 18.2. The van der Waals surface area contributed by atoms with Crippen molar-refractivity contribution in [2.45, 2.75) is 25.7 Å². The van der Waals surface area contributed by atoms with Gasteiger partial charge in [-0.2, -0.15) is 0 Å². The second-order valence-corrected chi connectivity index (χ2v) is 6.25. The molecule has 0 atom stereocenters. The molecule has 4 amide bonds. The van der Waals surface area contributed by atoms with E-state index in [4.69, 9.17) is 0 Å². The van der Waals surface area contributed by atoms with Crippen molar-refractivity contribution < 1.29 is 14.4 Å². The average Bonchev–Trinajstić information content (AvgIpc) is 3.10. The van der Waals surface area contributed by atoms with Crippen LogP contribution in [0.1, 0.15) is 25.7 Å². The zero-order valence-electron chi connectivity index (χ0n) is 13.5. The van der Waals surface area contributed by atoms with Crippen LogP contribution in [0.3, 0.4) is 0 Å². The lowest BCUT2D eigenvalue weighted by molar-refractivity contribution is -0.123. The highest BCUT2D eigenvalue weighted by atomic mass is 16.2. The summed E-state index contributed by atoms with van der Waals surface area (Å²) in [5.41, 5.74) is 1.26. The van der Waals surface area contributed by atoms with Crippen LogP contribution >= 0.6 is 0 Å². The lowest BCUT2D eigenvalue weighted by Crippen LogP contribution is -2.51. The maximum atomic E-state index is 12.2. The van der Waals surface area contributed by atoms with Gasteiger partial charge in [-0.3, -0.25) is 9.59 Å². The van der Waals surface area contributed by atoms with Crippen molar-refractivity contribution in [1.29, 1.82) is 0 Å². The molecule has 0 radical (unpaired) electrons. The Morgan fingerprint density at radius 3 is 2.54 bits per heavy atom. The van der Waals surface area contributed by atoms with Crippen LogP contribution in [-0.4, -0.2) is 42.4 Å². The molecule has 128 valence electrons. The first-order valence-corrected chi connectivity index (χ1v) is 8.35. The number of nitrogens with one attached hydrogen (secondary N) is 3. The highest BCUT2D eigenvalue weighted by molar-refractivity contribution is 5.95. The molecule has 7 nitrogen and oxygen atoms in total. The van der Waals surface area contributed by atoms with E-state index < -0.39 is 0 Å². The predicted octanol–water partition coefficient (Wildman–Crippen LogP) is 1.78. The average molecular weight is 330 g/mol. The Bertz CT molecular complexity index is 640. The van der Waals surface area contributed by atoms with Crippen molar-refractivity contribution in [1.82, 2.24) is 10.2 Å². The summed E-state index contributed by atoms with van der Waals surface area (Å²) in [6, 6.07) is 6.76. The molecule has 0 spiro atoms. The van der Waals surface area contributed by atoms with E-state index in [1.54, 1.807) is 24.3 Å². The Hall–Kier alpha value is -2.57. The van der Waals surface area contributed by atoms with Crippen LogP contribution in [0.2, 0.25) is 0 Å². The van der Waals surface area contributed by atoms with Crippen LogP contribution in [0.25, 0.3) is 0 Å². The van der Waals surface area contributed by atoms with Gasteiger partial charge in [-0.15, -0.1) is 0 Å². The SMILES string of the molecule is O=C1CN(C(=O)Nc2cccc(NC(=O)C3CCCC3)c2)CCN1. The zero-order valence-corrected chi connectivity index (χ0v) is 13.5. The highest BCUT2D eigenvalue weighted by Gasteiger charge is 2.23. The van der Waals surface area contributed by atoms with E-state index in [-0.39, 0.29) is 30.3 Å². The number of nitrogens with zero attached hydrogens (tertiary/aromatic N) is 1. The van der Waals surface area contributed by atoms with E-state index in [0.717, 1.165) is 25.7 Å². The fourth-order valence-electron chi connectivity index (χ4n) is 3.12. The first kappa shape index (κ1) is 16.3. The van der Waals surface area contributed by atoms with Gasteiger partial charge in [0.1, 0.15) is 6.54 Å². The number of rotatable bonds is 3. The molecule has 1 aliphatic carbocycles. The standard InChI is InChI=1S/C17H22N4O3/c22-15-11-21(9-8-18-15)17(24)20-14-7-3-6-13(10-14)19-16(23)12-4-1-2-5-12/h3,6-7,10,12H,1-2,4-5,8-9,11H2,(H,18,22)(H,19,23)(H,20,24). The second kappa shape index (κ2) is 7.33. The third-order valence-electron chi connectivity index (χ3n) is 4.43. The molecule has 0 aromatic heterocycles. The van der Waals surface area contributed by atoms with Crippen LogP contribution in [0.4, 0.5) is 16.2 Å². The van der Waals surface area contributed by atoms with Crippen molar-refractivity contribution in [2.75, 3.05) is 30.3 Å². The largest absolute Gasteiger partial charge is 0.353 e. The van der Waals surface area contributed by atoms with Gasteiger partial charge in [0.05, 0.1) is 0 Å². The Morgan fingerprint density at radius 2 is 1.83 bits per heavy atom. The molecule has 7 heteroatoms. The summed E-state index contributed by atoms with van der Waals surface area (Å²) in [5, 5.41) is 8.37. The topological polar surface area (TPSA) is 90.5 Å². The van der Waals surface area contributed by atoms with Gasteiger partial charge in [-0.1, -0.05) is 18.9 Å². The lowest BCUT2D eigenvalue weighted by atomic mass is 10.1. The minimum Gasteiger partial charge on any atom is -0.353 e. The number of hydrogen-bond donors (Lipinski definition) is 3. The molecular weight excluding hydrogens is 308 g/mol. The summed E-state index contributed by atoms with van der Waals surface area (Å²) in [6.45, 7) is 1.00. The van der Waals surface area contributed by atoms with E-state index in [0.29, 0.717) is 24.5 Å². The van der Waals surface area contributed by atoms with E-state index in [9.17, 15) is 14.4 Å². The van der Waals surface area contributed by atoms with Gasteiger partial charge in [0.25, 0.3) is 0 Å². The molecule has 1 aliphatic heterocycles. The molecule has 1 saturated heterocycles. The van der Waals surface area contributed by atoms with Crippen LogP contribution in [0.5, 0.6) is 0 Å². The Kier molecular flexibility index (Phi) is 4.98. The molecule has 24 heavy (non-hydrogen) atoms. The minimum absolute atomic E-state index is 0.0451. The third-order valence-corrected chi connectivity index (χ3v) is 4.43. The smallest absolute Gasteiger partial charge is 0.322 e. The predicted molar refractivity (Wildman–Crippen MR) is 90.6 cm³/mol. The molecule has 2 aliphatic rings. The first-order chi connectivity index (χ1) is 11.6. The first-order valence-electron chi connectivity index (χ1n) is 8.35. The highest BCUT2D eigenvalue weighted by Crippen LogP contribution is 2.26. The number of urea groups is 1. The van der Waals surface area contributed by atoms with Crippen LogP contribution in [0.15, 0.2) is 24.3 Å². The molecule has 2 fully saturated rings. The Morgan fingerprint density at radius 1 is 1.12 bits per heavy atom. The maximum Gasteiger partial charge on any atom is 0.322 e. The summed E-state index contributed by atoms with van der Waals surface area (Å²) in [6.07, 6.45) is 4.10. The summed E-state index contributed by atoms with van der Waals surface area (Å²) in [7, 11) is 0. The lowest BCUT2D eigenvalue weighted by Gasteiger charge is -2.26. The fraction of sp³-hybridized carbons (Fsp3) is 0.471. The zero-order chi connectivity index (χ0) is 16.9. The molecule has 1 aromatic rings. The van der Waals surface area contributed by atoms with Crippen molar-refractivity contribution in [2.24, 2.45) is 5.92 Å². The summed E-state index contributed by atoms with van der Waals surface area (Å²) < 4.78 is 0. The van der Waals surface area contributed by atoms with Gasteiger partial charge in [-0.05, 0) is 31.0 Å². The van der Waals surface area contributed by atoms with Crippen LogP contribution in [0, 0.1) is 5.92 Å². The maximum absolute atomic E-state index is 12.2. The number of carbonyl (C=O) groups excluding carboxylic acids is 3. The van der Waals surface area contributed by atoms with Crippen LogP contribution in [-0.2, 0) is 9.59 Å². The van der Waals surface area contributed by atoms with Gasteiger partial charge in [0.15, 0.2) is 0 Å². The van der Waals surface area contributed by atoms with Gasteiger partial charge in [0.2, 0.25) is 11.8 Å². The van der Waals surface area contributed by atoms with E-state index in [1.165, 1.54) is 4.90 Å². The van der Waals surface area contributed by atoms with E-state index in [2.05, 4.69) is 16.0 Å². The summed E-state index contributed by atoms with van der Waals surface area (Å²) in [4.78, 5) is 37.2. The molecule has 1 heterocycles. The van der Waals surface area contributed by atoms with Gasteiger partial charge in [0, 0.05) is 30.4 Å². The van der Waals surface area contributed by atoms with Gasteiger partial charge >= 0.3 is 6.03 Å². The molecule has 3 rings (SSSR count). The quantitative estimate of drug-likeness (QED) is 0.789. The number of benzene rings is 1. The summed E-state index contributed by atoms with van der Waals surface area (Å²) in [5.74, 6) is -0.0206. The van der Waals surface area contributed by atoms with Crippen molar-refractivity contribution in [3.8, 4) is 0 Å². The Labute approximate surface area is 140 Å². The molecule has 3 N–H and O–H groups in total. The fourth-order valence-corrected chi connectivity index (χ4v) is 3.12. The third kappa shape index (κ3) is 4.04. The molecule has 0 bridgehead atoms. The number of anilines is 2. The number of piperazine rings is 1. The number of hydrogen-bond acceptors (Lipinski definition) is 3. The molecule has 0 unspecified atom stereocenters. The van der Waals surface area contributed by atoms with Crippen molar-refractivity contribution in [3.63, 3.8) is 0 Å². The van der Waals surface area contributed by atoms with E-state index >= 15 is 0 Å².